The summed E-state index contributed by atoms with van der Waals surface area (Å²) >= 11 is 0. The van der Waals surface area contributed by atoms with Gasteiger partial charge in [-0.1, -0.05) is 18.2 Å². The molecule has 0 radical (unpaired) electrons. The van der Waals surface area contributed by atoms with Crippen molar-refractivity contribution in [1.29, 1.82) is 0 Å². The van der Waals surface area contributed by atoms with Crippen LogP contribution in [0, 0.1) is 0 Å². The molecule has 0 N–H and O–H groups in total. The summed E-state index contributed by atoms with van der Waals surface area (Å²) in [6.45, 7) is 5.48. The molecule has 0 amide bonds. The zero-order valence-electron chi connectivity index (χ0n) is 15.9. The number of rotatable bonds is 6. The van der Waals surface area contributed by atoms with E-state index in [1.807, 2.05) is 0 Å². The van der Waals surface area contributed by atoms with Crippen LogP contribution in [0.25, 0.3) is 16.6 Å². The van der Waals surface area contributed by atoms with Crippen molar-refractivity contribution < 1.29 is 28.6 Å². The number of aromatic nitrogens is 2. The zero-order valence-corrected chi connectivity index (χ0v) is 15.9. The molecule has 0 aliphatic carbocycles. The number of nitrogens with zero attached hydrogens (tertiary/aromatic N) is 2. The van der Waals surface area contributed by atoms with E-state index in [-0.39, 0.29) is 42.3 Å². The van der Waals surface area contributed by atoms with Crippen LogP contribution in [0.1, 0.15) is 52.0 Å². The van der Waals surface area contributed by atoms with Gasteiger partial charge in [0.05, 0.1) is 25.3 Å². The molecule has 0 bridgehead atoms. The number of esters is 3. The summed E-state index contributed by atoms with van der Waals surface area (Å²) in [5, 5.41) is 0.556. The number of hydrogen-bond donors (Lipinski definition) is 0. The average Bonchev–Trinajstić information content (AvgIpc) is 3.02. The molecular formula is C20H20N2O6. The van der Waals surface area contributed by atoms with Gasteiger partial charge in [0.1, 0.15) is 16.8 Å². The van der Waals surface area contributed by atoms with Crippen molar-refractivity contribution in [3.05, 3.63) is 47.3 Å². The van der Waals surface area contributed by atoms with Gasteiger partial charge in [0.25, 0.3) is 0 Å². The van der Waals surface area contributed by atoms with E-state index in [0.29, 0.717) is 10.9 Å². The number of hydrogen-bond acceptors (Lipinski definition) is 7. The SMILES string of the molecule is CCOC(=O)c1cnc2c(C(=O)OCC)c3ccccc3n2c1C(=O)OCC. The Kier molecular flexibility index (Phi) is 5.58. The summed E-state index contributed by atoms with van der Waals surface area (Å²) in [6.07, 6.45) is 1.22. The summed E-state index contributed by atoms with van der Waals surface area (Å²) in [6, 6.07) is 6.98. The molecule has 0 aliphatic rings. The molecule has 1 aromatic carbocycles. The first-order valence-corrected chi connectivity index (χ1v) is 8.98. The van der Waals surface area contributed by atoms with Gasteiger partial charge in [-0.05, 0) is 26.8 Å². The summed E-state index contributed by atoms with van der Waals surface area (Å²) in [5.74, 6) is -1.98. The lowest BCUT2D eigenvalue weighted by Gasteiger charge is -2.11. The van der Waals surface area contributed by atoms with Gasteiger partial charge < -0.3 is 14.2 Å². The second-order valence-electron chi connectivity index (χ2n) is 5.73. The van der Waals surface area contributed by atoms with Crippen LogP contribution in [0.3, 0.4) is 0 Å². The summed E-state index contributed by atoms with van der Waals surface area (Å²) in [4.78, 5) is 42.0. The quantitative estimate of drug-likeness (QED) is 0.476. The molecule has 28 heavy (non-hydrogen) atoms. The van der Waals surface area contributed by atoms with Crippen molar-refractivity contribution in [2.24, 2.45) is 0 Å². The molecule has 0 saturated heterocycles. The van der Waals surface area contributed by atoms with E-state index in [0.717, 1.165) is 0 Å². The van der Waals surface area contributed by atoms with Gasteiger partial charge in [-0.2, -0.15) is 0 Å². The van der Waals surface area contributed by atoms with Crippen LogP contribution in [0.15, 0.2) is 30.5 Å². The fourth-order valence-corrected chi connectivity index (χ4v) is 3.05. The van der Waals surface area contributed by atoms with Gasteiger partial charge in [0.15, 0.2) is 5.65 Å². The van der Waals surface area contributed by atoms with Crippen LogP contribution in [-0.4, -0.2) is 47.1 Å². The predicted molar refractivity (Wildman–Crippen MR) is 101 cm³/mol. The summed E-state index contributed by atoms with van der Waals surface area (Å²) in [5.41, 5.74) is 0.873. The highest BCUT2D eigenvalue weighted by Crippen LogP contribution is 2.29. The lowest BCUT2D eigenvalue weighted by Crippen LogP contribution is -2.19. The molecule has 0 unspecified atom stereocenters. The Labute approximate surface area is 161 Å². The second kappa shape index (κ2) is 8.08. The Morgan fingerprint density at radius 1 is 0.893 bits per heavy atom. The molecule has 0 atom stereocenters. The number of fused-ring (bicyclic) bond motifs is 3. The van der Waals surface area contributed by atoms with Crippen LogP contribution in [0.2, 0.25) is 0 Å². The van der Waals surface area contributed by atoms with E-state index >= 15 is 0 Å². The Morgan fingerprint density at radius 3 is 2.18 bits per heavy atom. The van der Waals surface area contributed by atoms with Crippen molar-refractivity contribution in [3.8, 4) is 0 Å². The Bertz CT molecular complexity index is 1070. The molecule has 2 aromatic heterocycles. The van der Waals surface area contributed by atoms with Gasteiger partial charge in [-0.25, -0.2) is 19.4 Å². The van der Waals surface area contributed by atoms with E-state index in [1.54, 1.807) is 45.0 Å². The fraction of sp³-hybridized carbons (Fsp3) is 0.300. The maximum absolute atomic E-state index is 12.7. The molecule has 3 rings (SSSR count). The van der Waals surface area contributed by atoms with Crippen LogP contribution in [0.5, 0.6) is 0 Å². The molecule has 146 valence electrons. The van der Waals surface area contributed by atoms with Crippen LogP contribution in [-0.2, 0) is 14.2 Å². The minimum atomic E-state index is -0.714. The van der Waals surface area contributed by atoms with Gasteiger partial charge in [-0.3, -0.25) is 4.40 Å². The van der Waals surface area contributed by atoms with Crippen LogP contribution in [0.4, 0.5) is 0 Å². The van der Waals surface area contributed by atoms with Crippen molar-refractivity contribution >= 4 is 34.5 Å². The number of para-hydroxylation sites is 1. The smallest absolute Gasteiger partial charge is 0.356 e. The first-order chi connectivity index (χ1) is 13.5. The van der Waals surface area contributed by atoms with Gasteiger partial charge >= 0.3 is 17.9 Å². The van der Waals surface area contributed by atoms with E-state index in [4.69, 9.17) is 14.2 Å². The number of carbonyl (C=O) groups is 3. The number of ether oxygens (including phenoxy) is 3. The Morgan fingerprint density at radius 2 is 1.50 bits per heavy atom. The lowest BCUT2D eigenvalue weighted by atomic mass is 10.2. The topological polar surface area (TPSA) is 96.2 Å². The van der Waals surface area contributed by atoms with Gasteiger partial charge in [0, 0.05) is 11.6 Å². The first kappa shape index (κ1) is 19.3. The molecule has 2 heterocycles. The molecule has 0 fully saturated rings. The third-order valence-corrected chi connectivity index (χ3v) is 4.09. The molecule has 8 nitrogen and oxygen atoms in total. The molecular weight excluding hydrogens is 364 g/mol. The average molecular weight is 384 g/mol. The minimum Gasteiger partial charge on any atom is -0.462 e. The van der Waals surface area contributed by atoms with Gasteiger partial charge in [0.2, 0.25) is 0 Å². The maximum atomic E-state index is 12.7. The highest BCUT2D eigenvalue weighted by molar-refractivity contribution is 6.13. The fourth-order valence-electron chi connectivity index (χ4n) is 3.05. The normalized spacial score (nSPS) is 10.8. The third-order valence-electron chi connectivity index (χ3n) is 4.09. The van der Waals surface area contributed by atoms with Crippen LogP contribution >= 0.6 is 0 Å². The van der Waals surface area contributed by atoms with E-state index in [1.165, 1.54) is 10.6 Å². The molecule has 0 saturated carbocycles. The van der Waals surface area contributed by atoms with Crippen molar-refractivity contribution in [1.82, 2.24) is 9.38 Å². The highest BCUT2D eigenvalue weighted by Gasteiger charge is 2.29. The summed E-state index contributed by atoms with van der Waals surface area (Å²) in [7, 11) is 0. The van der Waals surface area contributed by atoms with Crippen molar-refractivity contribution in [3.63, 3.8) is 0 Å². The van der Waals surface area contributed by atoms with E-state index < -0.39 is 17.9 Å². The molecule has 0 aliphatic heterocycles. The standard InChI is InChI=1S/C20H20N2O6/c1-4-26-18(23)13-11-21-17-15(19(24)27-5-2)12-9-7-8-10-14(12)22(17)16(13)20(25)28-6-3/h7-11H,4-6H2,1-3H3. The second-order valence-corrected chi connectivity index (χ2v) is 5.73. The van der Waals surface area contributed by atoms with Gasteiger partial charge in [-0.15, -0.1) is 0 Å². The van der Waals surface area contributed by atoms with E-state index in [2.05, 4.69) is 4.98 Å². The van der Waals surface area contributed by atoms with E-state index in [9.17, 15) is 14.4 Å². The number of benzene rings is 1. The molecule has 0 spiro atoms. The predicted octanol–water partition coefficient (Wildman–Crippen LogP) is 3.02. The maximum Gasteiger partial charge on any atom is 0.356 e. The Balaban J connectivity index is 2.43. The minimum absolute atomic E-state index is 0.0380. The first-order valence-electron chi connectivity index (χ1n) is 8.98. The lowest BCUT2D eigenvalue weighted by molar-refractivity contribution is 0.0471. The Hall–Kier alpha value is -3.42. The van der Waals surface area contributed by atoms with Crippen LogP contribution < -0.4 is 0 Å². The zero-order chi connectivity index (χ0) is 20.3. The van der Waals surface area contributed by atoms with Crippen molar-refractivity contribution in [2.45, 2.75) is 20.8 Å². The summed E-state index contributed by atoms with van der Waals surface area (Å²) < 4.78 is 16.8. The monoisotopic (exact) mass is 384 g/mol. The molecule has 3 aromatic rings. The largest absolute Gasteiger partial charge is 0.462 e. The van der Waals surface area contributed by atoms with Crippen molar-refractivity contribution in [2.75, 3.05) is 19.8 Å². The number of carbonyl (C=O) groups excluding carboxylic acids is 3. The third kappa shape index (κ3) is 3.17. The molecule has 8 heteroatoms. The highest BCUT2D eigenvalue weighted by atomic mass is 16.5.